The van der Waals surface area contributed by atoms with Crippen molar-refractivity contribution in [2.45, 2.75) is 9.79 Å². The molecule has 0 aliphatic rings. The molecule has 0 aliphatic heterocycles. The summed E-state index contributed by atoms with van der Waals surface area (Å²) in [5.74, 6) is -3.14. The smallest absolute Gasteiger partial charge is 0.338 e. The highest BCUT2D eigenvalue weighted by molar-refractivity contribution is 7.80. The van der Waals surface area contributed by atoms with E-state index in [-0.39, 0.29) is 45.3 Å². The molecule has 1 N–H and O–H groups in total. The Balaban J connectivity index is 1.87. The summed E-state index contributed by atoms with van der Waals surface area (Å²) in [4.78, 5) is 46.8. The normalized spacial score (nSPS) is 10.2. The minimum atomic E-state index is -1.16. The van der Waals surface area contributed by atoms with Gasteiger partial charge >= 0.3 is 23.9 Å². The van der Waals surface area contributed by atoms with Gasteiger partial charge in [0.05, 0.1) is 29.4 Å². The van der Waals surface area contributed by atoms with E-state index in [1.54, 1.807) is 0 Å². The third-order valence-corrected chi connectivity index (χ3v) is 4.39. The Morgan fingerprint density at radius 2 is 1.24 bits per heavy atom. The fraction of sp³-hybridized carbons (Fsp3) is 0.158. The molecule has 0 heterocycles. The van der Waals surface area contributed by atoms with Gasteiger partial charge in [-0.3, -0.25) is 0 Å². The summed E-state index contributed by atoms with van der Waals surface area (Å²) in [5.41, 5.74) is 0.446. The fourth-order valence-electron chi connectivity index (χ4n) is 2.22. The molecule has 0 bridgehead atoms. The average Bonchev–Trinajstić information content (AvgIpc) is 2.69. The van der Waals surface area contributed by atoms with E-state index < -0.39 is 23.9 Å². The van der Waals surface area contributed by atoms with Crippen molar-refractivity contribution >= 4 is 49.1 Å². The Kier molecular flexibility index (Phi) is 7.68. The predicted octanol–water partition coefficient (Wildman–Crippen LogP) is 2.76. The summed E-state index contributed by atoms with van der Waals surface area (Å²) in [7, 11) is 1.23. The number of thiol groups is 2. The van der Waals surface area contributed by atoms with Crippen LogP contribution in [0, 0.1) is 0 Å². The van der Waals surface area contributed by atoms with Crippen LogP contribution in [0.15, 0.2) is 46.2 Å². The number of rotatable bonds is 7. The summed E-state index contributed by atoms with van der Waals surface area (Å²) >= 11 is 8.16. The molecule has 0 fully saturated rings. The number of carbonyl (C=O) groups is 4. The molecule has 0 unspecified atom stereocenters. The van der Waals surface area contributed by atoms with E-state index in [1.165, 1.54) is 43.5 Å². The van der Waals surface area contributed by atoms with Crippen LogP contribution in [0.3, 0.4) is 0 Å². The van der Waals surface area contributed by atoms with E-state index in [0.717, 1.165) is 0 Å². The summed E-state index contributed by atoms with van der Waals surface area (Å²) in [5, 5.41) is 8.95. The van der Waals surface area contributed by atoms with Gasteiger partial charge in [0.2, 0.25) is 0 Å². The lowest BCUT2D eigenvalue weighted by Crippen LogP contribution is -2.15. The standard InChI is InChI=1S/C19H16O8S2/c1-25-19(24)13-5-3-11(9-15(13)29)18(23)27-7-6-26-17(22)10-2-4-12(16(20)21)14(28)8-10/h2-5,8-9,28-29H,6-7H2,1H3,(H,20,21). The van der Waals surface area contributed by atoms with Crippen LogP contribution in [0.1, 0.15) is 41.4 Å². The average molecular weight is 436 g/mol. The summed E-state index contributed by atoms with van der Waals surface area (Å²) in [6.45, 7) is -0.409. The van der Waals surface area contributed by atoms with Gasteiger partial charge in [-0.05, 0) is 36.4 Å². The molecule has 0 spiro atoms. The maximum atomic E-state index is 12.0. The molecule has 0 saturated heterocycles. The van der Waals surface area contributed by atoms with Gasteiger partial charge in [-0.15, -0.1) is 25.3 Å². The van der Waals surface area contributed by atoms with Gasteiger partial charge < -0.3 is 19.3 Å². The van der Waals surface area contributed by atoms with Gasteiger partial charge in [-0.25, -0.2) is 19.2 Å². The first-order chi connectivity index (χ1) is 13.7. The summed E-state index contributed by atoms with van der Waals surface area (Å²) < 4.78 is 14.6. The molecule has 152 valence electrons. The van der Waals surface area contributed by atoms with Crippen LogP contribution in [0.5, 0.6) is 0 Å². The molecule has 29 heavy (non-hydrogen) atoms. The number of hydrogen-bond acceptors (Lipinski definition) is 9. The van der Waals surface area contributed by atoms with Gasteiger partial charge in [-0.2, -0.15) is 0 Å². The third kappa shape index (κ3) is 5.75. The van der Waals surface area contributed by atoms with Gasteiger partial charge in [0.25, 0.3) is 0 Å². The summed E-state index contributed by atoms with van der Waals surface area (Å²) in [6.07, 6.45) is 0. The first kappa shape index (κ1) is 22.3. The predicted molar refractivity (Wildman–Crippen MR) is 106 cm³/mol. The number of carbonyl (C=O) groups excluding carboxylic acids is 3. The second kappa shape index (κ2) is 9.99. The quantitative estimate of drug-likeness (QED) is 0.263. The number of esters is 3. The van der Waals surface area contributed by atoms with Crippen molar-refractivity contribution in [3.8, 4) is 0 Å². The highest BCUT2D eigenvalue weighted by Gasteiger charge is 2.15. The highest BCUT2D eigenvalue weighted by atomic mass is 32.1. The van der Waals surface area contributed by atoms with Gasteiger partial charge in [0.1, 0.15) is 13.2 Å². The van der Waals surface area contributed by atoms with Crippen LogP contribution in [-0.2, 0) is 14.2 Å². The Hall–Kier alpha value is -2.98. The van der Waals surface area contributed by atoms with Crippen LogP contribution in [0.25, 0.3) is 0 Å². The van der Waals surface area contributed by atoms with E-state index in [4.69, 9.17) is 14.6 Å². The van der Waals surface area contributed by atoms with Crippen LogP contribution >= 0.6 is 25.3 Å². The number of ether oxygens (including phenoxy) is 3. The van der Waals surface area contributed by atoms with E-state index >= 15 is 0 Å². The molecule has 0 aromatic heterocycles. The Bertz CT molecular complexity index is 971. The zero-order valence-electron chi connectivity index (χ0n) is 15.1. The lowest BCUT2D eigenvalue weighted by atomic mass is 10.1. The van der Waals surface area contributed by atoms with Gasteiger partial charge in [-0.1, -0.05) is 0 Å². The number of benzene rings is 2. The van der Waals surface area contributed by atoms with Crippen LogP contribution < -0.4 is 0 Å². The fourth-order valence-corrected chi connectivity index (χ4v) is 2.83. The molecule has 10 heteroatoms. The Morgan fingerprint density at radius 1 is 0.793 bits per heavy atom. The first-order valence-electron chi connectivity index (χ1n) is 8.06. The lowest BCUT2D eigenvalue weighted by molar-refractivity contribution is 0.0265. The largest absolute Gasteiger partial charge is 0.478 e. The van der Waals surface area contributed by atoms with Crippen LogP contribution in [0.4, 0.5) is 0 Å². The van der Waals surface area contributed by atoms with Gasteiger partial charge in [0.15, 0.2) is 0 Å². The maximum Gasteiger partial charge on any atom is 0.338 e. The molecule has 2 rings (SSSR count). The molecule has 0 atom stereocenters. The number of hydrogen-bond donors (Lipinski definition) is 3. The molecule has 0 amide bonds. The minimum Gasteiger partial charge on any atom is -0.478 e. The van der Waals surface area contributed by atoms with Crippen molar-refractivity contribution in [1.29, 1.82) is 0 Å². The Labute approximate surface area is 176 Å². The van der Waals surface area contributed by atoms with Crippen molar-refractivity contribution in [1.82, 2.24) is 0 Å². The minimum absolute atomic E-state index is 0.0411. The van der Waals surface area contributed by atoms with E-state index in [2.05, 4.69) is 30.0 Å². The molecule has 8 nitrogen and oxygen atoms in total. The number of carboxylic acids is 1. The molecule has 0 radical (unpaired) electrons. The van der Waals surface area contributed by atoms with Crippen molar-refractivity contribution in [2.75, 3.05) is 20.3 Å². The van der Waals surface area contributed by atoms with Crippen molar-refractivity contribution < 1.29 is 38.5 Å². The zero-order chi connectivity index (χ0) is 21.6. The second-order valence-electron chi connectivity index (χ2n) is 5.53. The third-order valence-electron chi connectivity index (χ3n) is 3.65. The topological polar surface area (TPSA) is 116 Å². The van der Waals surface area contributed by atoms with E-state index in [0.29, 0.717) is 0 Å². The molecule has 0 aliphatic carbocycles. The first-order valence-corrected chi connectivity index (χ1v) is 8.96. The van der Waals surface area contributed by atoms with Gasteiger partial charge in [0, 0.05) is 9.79 Å². The van der Waals surface area contributed by atoms with E-state index in [9.17, 15) is 19.2 Å². The van der Waals surface area contributed by atoms with E-state index in [1.807, 2.05) is 0 Å². The Morgan fingerprint density at radius 3 is 1.62 bits per heavy atom. The zero-order valence-corrected chi connectivity index (χ0v) is 16.9. The van der Waals surface area contributed by atoms with Crippen molar-refractivity contribution in [3.63, 3.8) is 0 Å². The molecule has 2 aromatic rings. The number of aromatic carboxylic acids is 1. The lowest BCUT2D eigenvalue weighted by Gasteiger charge is -2.09. The molecule has 2 aromatic carbocycles. The van der Waals surface area contributed by atoms with Crippen LogP contribution in [-0.4, -0.2) is 49.3 Å². The monoisotopic (exact) mass is 436 g/mol. The number of methoxy groups -OCH3 is 1. The summed E-state index contributed by atoms with van der Waals surface area (Å²) in [6, 6.07) is 7.96. The highest BCUT2D eigenvalue weighted by Crippen LogP contribution is 2.18. The van der Waals surface area contributed by atoms with Crippen LogP contribution in [0.2, 0.25) is 0 Å². The van der Waals surface area contributed by atoms with Crippen molar-refractivity contribution in [3.05, 3.63) is 58.7 Å². The van der Waals surface area contributed by atoms with Crippen molar-refractivity contribution in [2.24, 2.45) is 0 Å². The molecular formula is C19H16O8S2. The SMILES string of the molecule is COC(=O)c1ccc(C(=O)OCCOC(=O)c2ccc(C(=O)O)c(S)c2)cc1S. The number of carboxylic acid groups (broad SMARTS) is 1. The maximum absolute atomic E-state index is 12.0. The molecular weight excluding hydrogens is 420 g/mol. The second-order valence-corrected chi connectivity index (χ2v) is 6.50. The molecule has 0 saturated carbocycles.